The number of anilines is 1. The van der Waals surface area contributed by atoms with Crippen LogP contribution in [0.5, 0.6) is 34.5 Å². The number of epoxide rings is 1. The first-order valence-electron chi connectivity index (χ1n) is 25.3. The van der Waals surface area contributed by atoms with Crippen molar-refractivity contribution in [2.45, 2.75) is 105 Å². The molecule has 1 fully saturated rings. The van der Waals surface area contributed by atoms with Crippen molar-refractivity contribution in [3.8, 4) is 34.5 Å². The van der Waals surface area contributed by atoms with Crippen molar-refractivity contribution in [3.63, 3.8) is 0 Å². The second-order valence-electron chi connectivity index (χ2n) is 17.1. The molecule has 11 heteroatoms. The average molecular weight is 970 g/mol. The van der Waals surface area contributed by atoms with Crippen molar-refractivity contribution in [2.24, 2.45) is 5.92 Å². The van der Waals surface area contributed by atoms with Crippen molar-refractivity contribution in [1.82, 2.24) is 0 Å². The van der Waals surface area contributed by atoms with Crippen LogP contribution in [0.2, 0.25) is 0 Å². The molecule has 2 aliphatic rings. The summed E-state index contributed by atoms with van der Waals surface area (Å²) in [6, 6.07) is 47.2. The molecule has 2 heterocycles. The van der Waals surface area contributed by atoms with Crippen LogP contribution in [0.25, 0.3) is 0 Å². The Hall–Kier alpha value is -6.53. The third-order valence-corrected chi connectivity index (χ3v) is 11.5. The highest BCUT2D eigenvalue weighted by atomic mass is 16.6. The third-order valence-electron chi connectivity index (χ3n) is 11.5. The van der Waals surface area contributed by atoms with Crippen LogP contribution in [-0.2, 0) is 10.3 Å². The van der Waals surface area contributed by atoms with E-state index in [2.05, 4.69) is 20.8 Å². The van der Waals surface area contributed by atoms with Crippen molar-refractivity contribution in [2.75, 3.05) is 44.5 Å². The van der Waals surface area contributed by atoms with Gasteiger partial charge >= 0.3 is 0 Å². The van der Waals surface area contributed by atoms with Crippen molar-refractivity contribution < 1.29 is 48.2 Å². The summed E-state index contributed by atoms with van der Waals surface area (Å²) in [5.74, 6) is 4.41. The fourth-order valence-electron chi connectivity index (χ4n) is 7.77. The minimum atomic E-state index is -1.08. The Bertz CT molecular complexity index is 2460. The zero-order chi connectivity index (χ0) is 51.2. The van der Waals surface area contributed by atoms with Crippen LogP contribution >= 0.6 is 0 Å². The van der Waals surface area contributed by atoms with E-state index in [0.29, 0.717) is 46.7 Å². The van der Waals surface area contributed by atoms with Gasteiger partial charge in [-0.15, -0.1) is 0 Å². The molecule has 8 rings (SSSR count). The van der Waals surface area contributed by atoms with Gasteiger partial charge in [-0.3, -0.25) is 9.69 Å². The van der Waals surface area contributed by atoms with Crippen LogP contribution in [0.15, 0.2) is 152 Å². The number of hydrogen-bond acceptors (Lipinski definition) is 10. The van der Waals surface area contributed by atoms with E-state index in [4.69, 9.17) is 33.2 Å². The van der Waals surface area contributed by atoms with Crippen LogP contribution in [0.3, 0.4) is 0 Å². The molecule has 0 saturated carbocycles. The zero-order valence-corrected chi connectivity index (χ0v) is 43.1. The Morgan fingerprint density at radius 3 is 1.49 bits per heavy atom. The van der Waals surface area contributed by atoms with Gasteiger partial charge in [0.25, 0.3) is 5.91 Å². The monoisotopic (exact) mass is 970 g/mol. The molecule has 0 spiro atoms. The largest absolute Gasteiger partial charge is 0.494 e. The second kappa shape index (κ2) is 28.4. The topological polar surface area (TPSA) is 129 Å². The predicted octanol–water partition coefficient (Wildman–Crippen LogP) is 12.3. The highest BCUT2D eigenvalue weighted by Gasteiger charge is 2.52. The quantitative estimate of drug-likeness (QED) is 0.0635. The number of ether oxygens (including phenoxy) is 7. The number of hydrogen-bond donors (Lipinski definition) is 2. The van der Waals surface area contributed by atoms with Gasteiger partial charge in [0, 0.05) is 29.8 Å². The number of rotatable bonds is 22. The summed E-state index contributed by atoms with van der Waals surface area (Å²) in [4.78, 5) is 16.4. The maximum absolute atomic E-state index is 14.5. The molecule has 11 nitrogen and oxygen atoms in total. The van der Waals surface area contributed by atoms with E-state index >= 15 is 0 Å². The highest BCUT2D eigenvalue weighted by molar-refractivity contribution is 6.13. The fourth-order valence-corrected chi connectivity index (χ4v) is 7.77. The Morgan fingerprint density at radius 1 is 0.577 bits per heavy atom. The lowest BCUT2D eigenvalue weighted by molar-refractivity contribution is 0.0624. The van der Waals surface area contributed by atoms with Gasteiger partial charge in [-0.1, -0.05) is 128 Å². The summed E-state index contributed by atoms with van der Waals surface area (Å²) < 4.78 is 40.6. The number of amides is 1. The fraction of sp³-hybridized carbons (Fsp3) is 0.383. The number of fused-ring (bicyclic) bond motifs is 1. The van der Waals surface area contributed by atoms with Gasteiger partial charge in [0.1, 0.15) is 78.7 Å². The van der Waals surface area contributed by atoms with Crippen molar-refractivity contribution >= 4 is 11.6 Å². The molecule has 2 N–H and O–H groups in total. The summed E-state index contributed by atoms with van der Waals surface area (Å²) >= 11 is 0. The van der Waals surface area contributed by atoms with E-state index < -0.39 is 17.7 Å². The van der Waals surface area contributed by atoms with E-state index in [1.54, 1.807) is 6.07 Å². The predicted molar refractivity (Wildman–Crippen MR) is 283 cm³/mol. The van der Waals surface area contributed by atoms with Crippen LogP contribution in [0.1, 0.15) is 102 Å². The van der Waals surface area contributed by atoms with E-state index in [1.165, 1.54) is 6.42 Å². The Kier molecular flexibility index (Phi) is 22.1. The lowest BCUT2D eigenvalue weighted by atomic mass is 9.76. The molecular weight excluding hydrogens is 895 g/mol. The normalized spacial score (nSPS) is 16.5. The first kappa shape index (κ1) is 55.4. The molecule has 2 aliphatic heterocycles. The maximum Gasteiger partial charge on any atom is 0.260 e. The van der Waals surface area contributed by atoms with Crippen LogP contribution in [-0.4, -0.2) is 80.2 Å². The Labute approximate surface area is 422 Å². The molecule has 0 aromatic heterocycles. The van der Waals surface area contributed by atoms with Gasteiger partial charge in [-0.25, -0.2) is 0 Å². The molecule has 380 valence electrons. The number of aliphatic hydroxyl groups is 2. The molecule has 5 atom stereocenters. The van der Waals surface area contributed by atoms with Gasteiger partial charge < -0.3 is 43.4 Å². The smallest absolute Gasteiger partial charge is 0.260 e. The van der Waals surface area contributed by atoms with Gasteiger partial charge in [-0.2, -0.15) is 0 Å². The van der Waals surface area contributed by atoms with Gasteiger partial charge in [0.2, 0.25) is 0 Å². The first-order chi connectivity index (χ1) is 34.6. The highest BCUT2D eigenvalue weighted by Crippen LogP contribution is 2.51. The van der Waals surface area contributed by atoms with E-state index in [-0.39, 0.29) is 44.5 Å². The molecule has 1 saturated heterocycles. The van der Waals surface area contributed by atoms with Gasteiger partial charge in [0.05, 0.1) is 25.4 Å². The first-order valence-corrected chi connectivity index (χ1v) is 25.3. The van der Waals surface area contributed by atoms with E-state index in [9.17, 15) is 15.0 Å². The van der Waals surface area contributed by atoms with E-state index in [0.717, 1.165) is 41.3 Å². The number of benzene rings is 6. The molecule has 0 bridgehead atoms. The Morgan fingerprint density at radius 2 is 1.01 bits per heavy atom. The summed E-state index contributed by atoms with van der Waals surface area (Å²) in [5, 5.41) is 21.5. The van der Waals surface area contributed by atoms with Gasteiger partial charge in [0.15, 0.2) is 0 Å². The summed E-state index contributed by atoms with van der Waals surface area (Å²) in [6.07, 6.45) is 0.630. The molecule has 0 aliphatic carbocycles. The van der Waals surface area contributed by atoms with Gasteiger partial charge in [-0.05, 0) is 103 Å². The number of nitrogens with zero attached hydrogens (tertiary/aromatic N) is 1. The van der Waals surface area contributed by atoms with Crippen LogP contribution in [0, 0.1) is 5.92 Å². The summed E-state index contributed by atoms with van der Waals surface area (Å²) in [7, 11) is 0. The van der Waals surface area contributed by atoms with Crippen LogP contribution < -0.4 is 33.3 Å². The second-order valence-corrected chi connectivity index (χ2v) is 17.1. The lowest BCUT2D eigenvalue weighted by Gasteiger charge is -2.40. The minimum Gasteiger partial charge on any atom is -0.494 e. The molecule has 5 unspecified atom stereocenters. The molecule has 6 aromatic carbocycles. The number of carbonyl (C=O) groups excluding carboxylic acids is 1. The maximum atomic E-state index is 14.5. The summed E-state index contributed by atoms with van der Waals surface area (Å²) in [6.45, 7) is 20.0. The number of para-hydroxylation sites is 1. The van der Waals surface area contributed by atoms with Crippen LogP contribution in [0.4, 0.5) is 5.69 Å². The third kappa shape index (κ3) is 15.5. The molecular formula is C60H75NO10. The number of aliphatic hydroxyl groups excluding tert-OH is 2. The summed E-state index contributed by atoms with van der Waals surface area (Å²) in [5.41, 5.74) is 2.72. The Balaban J connectivity index is 0.000000970. The minimum absolute atomic E-state index is 0.0000482. The SMILES string of the molecule is CC.CC.CCC(C)C.CCOc1cccc(OCC(O)COc2ccc(C3(c4ccc(OCC(O)COc5cccc(OC(C)CC6CO6)c5)cc4)c4ccccc4C(=O)N3c3ccccc3)cc2)c1. The number of carbonyl (C=O) groups is 1. The lowest BCUT2D eigenvalue weighted by Crippen LogP contribution is -2.46. The standard InChI is InChI=1S/C51H51NO10.C5H12.2C2H6/c1-3-56-43-13-9-14-44(28-43)59-32-39(53)30-57-41-23-19-36(20-24-41)51(49-18-8-7-17-48(49)50(55)52(51)38-11-5-4-6-12-38)37-21-25-42(26-22-37)58-31-40(54)33-60-45-15-10-16-46(29-45)62-35(2)27-47-34-61-47;1-4-5(2)3;2*1-2/h4-26,28-29,35,39-40,47,53-54H,3,27,30-34H2,1-2H3;5H,4H2,1-3H3;2*1-2H3. The molecule has 0 radical (unpaired) electrons. The average Bonchev–Trinajstić information content (AvgIpc) is 4.19. The van der Waals surface area contributed by atoms with Crippen molar-refractivity contribution in [3.05, 3.63) is 174 Å². The molecule has 6 aromatic rings. The molecule has 71 heavy (non-hydrogen) atoms. The van der Waals surface area contributed by atoms with E-state index in [1.807, 2.05) is 192 Å². The van der Waals surface area contributed by atoms with Crippen molar-refractivity contribution in [1.29, 1.82) is 0 Å². The molecule has 1 amide bonds. The zero-order valence-electron chi connectivity index (χ0n) is 43.1.